The maximum absolute atomic E-state index is 14.1. The fourth-order valence-electron chi connectivity index (χ4n) is 6.77. The SMILES string of the molecule is O=C(c1c[nH]c2c(F)cc(F)cc2c1=O)N1CCCC2=C[C@H]3C[C@@H](CN4CCCC[C@H]34)[C@@H]21. The summed E-state index contributed by atoms with van der Waals surface area (Å²) in [6, 6.07) is 2.37. The van der Waals surface area contributed by atoms with Crippen molar-refractivity contribution in [2.75, 3.05) is 19.6 Å². The first-order valence-electron chi connectivity index (χ1n) is 11.8. The molecule has 4 aliphatic rings. The topological polar surface area (TPSA) is 56.4 Å². The number of H-pyrrole nitrogens is 1. The number of benzene rings is 1. The lowest BCUT2D eigenvalue weighted by Gasteiger charge is -2.54. The van der Waals surface area contributed by atoms with Crippen LogP contribution in [0.1, 0.15) is 48.9 Å². The van der Waals surface area contributed by atoms with E-state index in [4.69, 9.17) is 0 Å². The average Bonchev–Trinajstić information content (AvgIpc) is 2.79. The van der Waals surface area contributed by atoms with Gasteiger partial charge in [0, 0.05) is 31.4 Å². The number of likely N-dealkylation sites (tertiary alicyclic amines) is 1. The van der Waals surface area contributed by atoms with E-state index in [1.165, 1.54) is 31.0 Å². The molecule has 4 heterocycles. The van der Waals surface area contributed by atoms with Crippen LogP contribution in [0.25, 0.3) is 10.9 Å². The second-order valence-corrected chi connectivity index (χ2v) is 9.85. The van der Waals surface area contributed by atoms with Crippen molar-refractivity contribution in [1.82, 2.24) is 14.8 Å². The molecule has 3 aliphatic heterocycles. The number of halogens is 2. The molecule has 6 rings (SSSR count). The first-order valence-corrected chi connectivity index (χ1v) is 11.8. The van der Waals surface area contributed by atoms with Crippen LogP contribution in [0.4, 0.5) is 8.78 Å². The van der Waals surface area contributed by atoms with Gasteiger partial charge < -0.3 is 9.88 Å². The zero-order chi connectivity index (χ0) is 22.0. The van der Waals surface area contributed by atoms with Crippen molar-refractivity contribution < 1.29 is 13.6 Å². The van der Waals surface area contributed by atoms with Gasteiger partial charge >= 0.3 is 0 Å². The number of aromatic nitrogens is 1. The minimum atomic E-state index is -0.837. The molecule has 2 aromatic rings. The molecule has 0 saturated carbocycles. The van der Waals surface area contributed by atoms with Crippen molar-refractivity contribution in [3.8, 4) is 0 Å². The Kier molecular flexibility index (Phi) is 4.72. The van der Waals surface area contributed by atoms with E-state index in [9.17, 15) is 18.4 Å². The largest absolute Gasteiger partial charge is 0.358 e. The van der Waals surface area contributed by atoms with Crippen molar-refractivity contribution in [3.63, 3.8) is 0 Å². The molecule has 1 amide bonds. The van der Waals surface area contributed by atoms with Crippen LogP contribution in [0, 0.1) is 23.5 Å². The Morgan fingerprint density at radius 3 is 2.88 bits per heavy atom. The number of amides is 1. The summed E-state index contributed by atoms with van der Waals surface area (Å²) >= 11 is 0. The van der Waals surface area contributed by atoms with Gasteiger partial charge in [-0.05, 0) is 56.6 Å². The quantitative estimate of drug-likeness (QED) is 0.687. The molecule has 32 heavy (non-hydrogen) atoms. The number of pyridine rings is 1. The Labute approximate surface area is 185 Å². The highest BCUT2D eigenvalue weighted by molar-refractivity contribution is 5.97. The fourth-order valence-corrected chi connectivity index (χ4v) is 6.77. The first-order chi connectivity index (χ1) is 15.5. The highest BCUT2D eigenvalue weighted by atomic mass is 19.1. The smallest absolute Gasteiger partial charge is 0.259 e. The molecule has 5 nitrogen and oxygen atoms in total. The summed E-state index contributed by atoms with van der Waals surface area (Å²) in [5.41, 5.74) is 0.602. The van der Waals surface area contributed by atoms with E-state index in [0.717, 1.165) is 44.5 Å². The summed E-state index contributed by atoms with van der Waals surface area (Å²) in [6.07, 6.45) is 10.5. The average molecular weight is 440 g/mol. The molecule has 0 spiro atoms. The van der Waals surface area contributed by atoms with Crippen LogP contribution >= 0.6 is 0 Å². The third-order valence-corrected chi connectivity index (χ3v) is 8.05. The van der Waals surface area contributed by atoms with Gasteiger partial charge in [0.25, 0.3) is 5.91 Å². The minimum absolute atomic E-state index is 0.00900. The second-order valence-electron chi connectivity index (χ2n) is 9.85. The summed E-state index contributed by atoms with van der Waals surface area (Å²) in [7, 11) is 0. The van der Waals surface area contributed by atoms with Crippen LogP contribution in [0.5, 0.6) is 0 Å². The fraction of sp³-hybridized carbons (Fsp3) is 0.520. The normalized spacial score (nSPS) is 29.9. The van der Waals surface area contributed by atoms with Crippen molar-refractivity contribution in [3.05, 3.63) is 57.4 Å². The molecule has 7 heteroatoms. The number of nitrogens with one attached hydrogen (secondary N) is 1. The predicted molar refractivity (Wildman–Crippen MR) is 117 cm³/mol. The maximum atomic E-state index is 14.1. The summed E-state index contributed by atoms with van der Waals surface area (Å²) in [5.74, 6) is -1.08. The third-order valence-electron chi connectivity index (χ3n) is 8.05. The van der Waals surface area contributed by atoms with E-state index in [2.05, 4.69) is 16.0 Å². The maximum Gasteiger partial charge on any atom is 0.259 e. The number of carbonyl (C=O) groups excluding carboxylic acids is 1. The van der Waals surface area contributed by atoms with E-state index in [-0.39, 0.29) is 28.4 Å². The number of aromatic amines is 1. The van der Waals surface area contributed by atoms with Gasteiger partial charge in [-0.15, -0.1) is 0 Å². The van der Waals surface area contributed by atoms with Gasteiger partial charge in [-0.3, -0.25) is 14.5 Å². The van der Waals surface area contributed by atoms with Gasteiger partial charge in [-0.25, -0.2) is 8.78 Å². The number of hydrogen-bond acceptors (Lipinski definition) is 3. The highest BCUT2D eigenvalue weighted by Gasteiger charge is 2.47. The van der Waals surface area contributed by atoms with Gasteiger partial charge in [0.1, 0.15) is 17.2 Å². The Hall–Kier alpha value is -2.54. The highest BCUT2D eigenvalue weighted by Crippen LogP contribution is 2.45. The van der Waals surface area contributed by atoms with E-state index in [0.29, 0.717) is 24.4 Å². The number of hydrogen-bond donors (Lipinski definition) is 1. The Bertz CT molecular complexity index is 1190. The number of fused-ring (bicyclic) bond motifs is 7. The van der Waals surface area contributed by atoms with Crippen LogP contribution in [-0.4, -0.2) is 52.4 Å². The minimum Gasteiger partial charge on any atom is -0.358 e. The zero-order valence-corrected chi connectivity index (χ0v) is 17.9. The van der Waals surface area contributed by atoms with Crippen LogP contribution in [-0.2, 0) is 0 Å². The van der Waals surface area contributed by atoms with E-state index >= 15 is 0 Å². The van der Waals surface area contributed by atoms with Crippen LogP contribution < -0.4 is 5.43 Å². The molecule has 1 aromatic carbocycles. The van der Waals surface area contributed by atoms with Gasteiger partial charge in [0.15, 0.2) is 0 Å². The molecule has 0 unspecified atom stereocenters. The molecule has 0 radical (unpaired) electrons. The summed E-state index contributed by atoms with van der Waals surface area (Å²) in [5, 5.41) is -0.126. The molecule has 1 aromatic heterocycles. The second kappa shape index (κ2) is 7.51. The molecule has 3 saturated heterocycles. The van der Waals surface area contributed by atoms with Gasteiger partial charge in [-0.2, -0.15) is 0 Å². The molecular weight excluding hydrogens is 412 g/mol. The van der Waals surface area contributed by atoms with Gasteiger partial charge in [0.2, 0.25) is 5.43 Å². The molecule has 2 bridgehead atoms. The zero-order valence-electron chi connectivity index (χ0n) is 17.9. The molecule has 1 aliphatic carbocycles. The van der Waals surface area contributed by atoms with Crippen LogP contribution in [0.3, 0.4) is 0 Å². The van der Waals surface area contributed by atoms with Crippen LogP contribution in [0.2, 0.25) is 0 Å². The van der Waals surface area contributed by atoms with Crippen molar-refractivity contribution in [2.45, 2.75) is 50.6 Å². The molecule has 1 N–H and O–H groups in total. The standard InChI is InChI=1S/C25H27F2N3O2/c26-17-10-18-22(20(27)11-17)28-12-19(24(18)31)25(32)30-7-3-4-14-8-15-9-16(23(14)30)13-29-6-2-1-5-21(15)29/h8,10-12,15-16,21,23H,1-7,9,13H2,(H,28,31)/t15-,16-,21+,23+/m0/s1. The molecule has 4 atom stereocenters. The lowest BCUT2D eigenvalue weighted by atomic mass is 9.68. The number of rotatable bonds is 1. The van der Waals surface area contributed by atoms with Crippen LogP contribution in [0.15, 0.2) is 34.8 Å². The Morgan fingerprint density at radius 2 is 2.00 bits per heavy atom. The molecule has 3 fully saturated rings. The third kappa shape index (κ3) is 3.04. The monoisotopic (exact) mass is 439 g/mol. The number of nitrogens with zero attached hydrogens (tertiary/aromatic N) is 2. The summed E-state index contributed by atoms with van der Waals surface area (Å²) in [6.45, 7) is 2.72. The van der Waals surface area contributed by atoms with Gasteiger partial charge in [0.05, 0.1) is 16.9 Å². The van der Waals surface area contributed by atoms with Crippen molar-refractivity contribution >= 4 is 16.8 Å². The lowest BCUT2D eigenvalue weighted by molar-refractivity contribution is 0.00143. The molecule has 168 valence electrons. The van der Waals surface area contributed by atoms with Crippen molar-refractivity contribution in [1.29, 1.82) is 0 Å². The summed E-state index contributed by atoms with van der Waals surface area (Å²) in [4.78, 5) is 33.8. The van der Waals surface area contributed by atoms with E-state index in [1.807, 2.05) is 4.90 Å². The predicted octanol–water partition coefficient (Wildman–Crippen LogP) is 3.84. The Morgan fingerprint density at radius 1 is 1.12 bits per heavy atom. The summed E-state index contributed by atoms with van der Waals surface area (Å²) < 4.78 is 27.9. The number of carbonyl (C=O) groups is 1. The lowest BCUT2D eigenvalue weighted by Crippen LogP contribution is -2.60. The Balaban J connectivity index is 1.37. The van der Waals surface area contributed by atoms with Crippen molar-refractivity contribution in [2.24, 2.45) is 11.8 Å². The first kappa shape index (κ1) is 20.1. The van der Waals surface area contributed by atoms with Gasteiger partial charge in [-0.1, -0.05) is 18.1 Å². The van der Waals surface area contributed by atoms with E-state index in [1.54, 1.807) is 0 Å². The molecular formula is C25H27F2N3O2. The number of piperidine rings is 3. The van der Waals surface area contributed by atoms with E-state index < -0.39 is 17.1 Å².